The third kappa shape index (κ3) is 5.31. The summed E-state index contributed by atoms with van der Waals surface area (Å²) in [5.74, 6) is -0.679. The second-order valence-corrected chi connectivity index (χ2v) is 9.58. The molecule has 0 unspecified atom stereocenters. The topological polar surface area (TPSA) is 180 Å². The normalized spacial score (nSPS) is 13.0. The molecule has 2 rings (SSSR count). The molecule has 10 nitrogen and oxygen atoms in total. The number of ketones is 1. The van der Waals surface area contributed by atoms with Crippen LogP contribution in [-0.4, -0.2) is 44.7 Å². The predicted octanol–water partition coefficient (Wildman–Crippen LogP) is 1.32. The van der Waals surface area contributed by atoms with Gasteiger partial charge in [-0.25, -0.2) is 0 Å². The van der Waals surface area contributed by atoms with E-state index < -0.39 is 50.8 Å². The largest absolute Gasteiger partial charge is 0.295 e. The summed E-state index contributed by atoms with van der Waals surface area (Å²) >= 11 is 0. The highest BCUT2D eigenvalue weighted by atomic mass is 32.2. The van der Waals surface area contributed by atoms with Gasteiger partial charge in [-0.2, -0.15) is 25.3 Å². The van der Waals surface area contributed by atoms with Crippen molar-refractivity contribution in [1.82, 2.24) is 0 Å². The van der Waals surface area contributed by atoms with Crippen molar-refractivity contribution in [3.63, 3.8) is 0 Å². The van der Waals surface area contributed by atoms with Crippen LogP contribution in [0.1, 0.15) is 15.9 Å². The molecule has 0 amide bonds. The lowest BCUT2D eigenvalue weighted by Gasteiger charge is -2.05. The van der Waals surface area contributed by atoms with Crippen LogP contribution in [0.2, 0.25) is 0 Å². The molecule has 0 aliphatic heterocycles. The number of hydrogen-bond donors (Lipinski definition) is 3. The lowest BCUT2D eigenvalue weighted by molar-refractivity contribution is 0.104. The van der Waals surface area contributed by atoms with E-state index in [0.29, 0.717) is 6.07 Å². The number of carbonyl (C=O) groups is 1. The Morgan fingerprint density at radius 1 is 0.714 bits per heavy atom. The van der Waals surface area contributed by atoms with Gasteiger partial charge in [0.2, 0.25) is 0 Å². The molecule has 28 heavy (non-hydrogen) atoms. The standard InChI is InChI=1S/C15H12O10S3/c16-14(10-1-5-12(6-2-10)26(17,18)19)8-4-11-3-7-13(27(20,21)22)9-15(11)28(23,24)25/h1-9H,(H,17,18,19)(H,20,21,22)(H,23,24,25)/b8-4+. The maximum atomic E-state index is 12.1. The van der Waals surface area contributed by atoms with Crippen molar-refractivity contribution in [2.45, 2.75) is 14.7 Å². The highest BCUT2D eigenvalue weighted by Gasteiger charge is 2.19. The monoisotopic (exact) mass is 448 g/mol. The Balaban J connectivity index is 2.41. The molecule has 0 saturated carbocycles. The van der Waals surface area contributed by atoms with Crippen molar-refractivity contribution in [3.8, 4) is 0 Å². The van der Waals surface area contributed by atoms with Gasteiger partial charge in [0.1, 0.15) is 4.90 Å². The minimum absolute atomic E-state index is 0.00612. The van der Waals surface area contributed by atoms with E-state index in [0.717, 1.165) is 48.6 Å². The third-order valence-corrected chi connectivity index (χ3v) is 6.04. The zero-order valence-corrected chi connectivity index (χ0v) is 16.1. The van der Waals surface area contributed by atoms with Crippen molar-refractivity contribution >= 4 is 42.2 Å². The molecular weight excluding hydrogens is 436 g/mol. The quantitative estimate of drug-likeness (QED) is 0.331. The van der Waals surface area contributed by atoms with E-state index in [1.54, 1.807) is 0 Å². The van der Waals surface area contributed by atoms with Crippen LogP contribution in [0.15, 0.2) is 63.2 Å². The van der Waals surface area contributed by atoms with Gasteiger partial charge in [0.05, 0.1) is 9.79 Å². The number of hydrogen-bond acceptors (Lipinski definition) is 7. The van der Waals surface area contributed by atoms with Gasteiger partial charge >= 0.3 is 0 Å². The van der Waals surface area contributed by atoms with Crippen molar-refractivity contribution < 1.29 is 43.7 Å². The molecule has 2 aromatic rings. The molecular formula is C15H12O10S3. The summed E-state index contributed by atoms with van der Waals surface area (Å²) in [7, 11) is -14.0. The minimum Gasteiger partial charge on any atom is -0.289 e. The second-order valence-electron chi connectivity index (χ2n) is 5.35. The van der Waals surface area contributed by atoms with Crippen LogP contribution < -0.4 is 0 Å². The van der Waals surface area contributed by atoms with Gasteiger partial charge in [0.25, 0.3) is 30.4 Å². The van der Waals surface area contributed by atoms with E-state index >= 15 is 0 Å². The number of carbonyl (C=O) groups excluding carboxylic acids is 1. The van der Waals surface area contributed by atoms with Crippen molar-refractivity contribution in [2.75, 3.05) is 0 Å². The molecule has 0 aromatic heterocycles. The minimum atomic E-state index is -4.88. The summed E-state index contributed by atoms with van der Waals surface area (Å²) in [6.45, 7) is 0. The van der Waals surface area contributed by atoms with Crippen LogP contribution in [0.4, 0.5) is 0 Å². The lowest BCUT2D eigenvalue weighted by Crippen LogP contribution is -2.05. The average molecular weight is 448 g/mol. The molecule has 13 heteroatoms. The summed E-state index contributed by atoms with van der Waals surface area (Å²) in [5.41, 5.74) is -0.232. The average Bonchev–Trinajstić information content (AvgIpc) is 2.57. The van der Waals surface area contributed by atoms with Crippen LogP contribution in [0.25, 0.3) is 6.08 Å². The fourth-order valence-corrected chi connectivity index (χ4v) is 3.86. The van der Waals surface area contributed by atoms with Crippen LogP contribution in [0, 0.1) is 0 Å². The summed E-state index contributed by atoms with van der Waals surface area (Å²) < 4.78 is 94.2. The summed E-state index contributed by atoms with van der Waals surface area (Å²) in [4.78, 5) is 10.1. The van der Waals surface area contributed by atoms with Gasteiger partial charge in [-0.05, 0) is 54.1 Å². The Bertz CT molecular complexity index is 1270. The van der Waals surface area contributed by atoms with E-state index in [-0.39, 0.29) is 11.1 Å². The highest BCUT2D eigenvalue weighted by Crippen LogP contribution is 2.22. The molecule has 0 saturated heterocycles. The van der Waals surface area contributed by atoms with Crippen molar-refractivity contribution in [1.29, 1.82) is 0 Å². The van der Waals surface area contributed by atoms with E-state index in [1.807, 2.05) is 0 Å². The van der Waals surface area contributed by atoms with Gasteiger partial charge in [0.15, 0.2) is 5.78 Å². The molecule has 2 aromatic carbocycles. The van der Waals surface area contributed by atoms with Gasteiger partial charge in [0, 0.05) is 5.56 Å². The van der Waals surface area contributed by atoms with E-state index in [9.17, 15) is 34.6 Å². The van der Waals surface area contributed by atoms with E-state index in [2.05, 4.69) is 0 Å². The first-order valence-electron chi connectivity index (χ1n) is 7.08. The predicted molar refractivity (Wildman–Crippen MR) is 95.7 cm³/mol. The zero-order valence-electron chi connectivity index (χ0n) is 13.6. The first kappa shape index (κ1) is 21.9. The van der Waals surface area contributed by atoms with E-state index in [1.165, 1.54) is 0 Å². The molecule has 0 atom stereocenters. The molecule has 3 N–H and O–H groups in total. The first-order chi connectivity index (χ1) is 12.7. The van der Waals surface area contributed by atoms with Crippen LogP contribution in [-0.2, 0) is 30.4 Å². The fraction of sp³-hybridized carbons (Fsp3) is 0. The maximum absolute atomic E-state index is 12.1. The Morgan fingerprint density at radius 3 is 1.68 bits per heavy atom. The van der Waals surface area contributed by atoms with E-state index in [4.69, 9.17) is 9.11 Å². The number of allylic oxidation sites excluding steroid dienone is 1. The third-order valence-electron chi connectivity index (χ3n) is 3.41. The Labute approximate surface area is 160 Å². The summed E-state index contributed by atoms with van der Waals surface area (Å²) in [6, 6.07) is 6.55. The van der Waals surface area contributed by atoms with Crippen molar-refractivity contribution in [3.05, 3.63) is 59.7 Å². The smallest absolute Gasteiger partial charge is 0.289 e. The molecule has 0 aliphatic carbocycles. The molecule has 0 radical (unpaired) electrons. The molecule has 0 aliphatic rings. The van der Waals surface area contributed by atoms with Gasteiger partial charge in [-0.3, -0.25) is 18.5 Å². The molecule has 150 valence electrons. The van der Waals surface area contributed by atoms with Crippen LogP contribution >= 0.6 is 0 Å². The van der Waals surface area contributed by atoms with Crippen LogP contribution in [0.3, 0.4) is 0 Å². The second kappa shape index (κ2) is 7.54. The number of benzene rings is 2. The lowest BCUT2D eigenvalue weighted by atomic mass is 10.1. The Hall–Kier alpha value is -2.42. The Kier molecular flexibility index (Phi) is 5.89. The SMILES string of the molecule is O=C(/C=C/c1ccc(S(=O)(=O)O)cc1S(=O)(=O)O)c1ccc(S(=O)(=O)O)cc1. The summed E-state index contributed by atoms with van der Waals surface area (Å²) in [6.07, 6.45) is 1.88. The summed E-state index contributed by atoms with van der Waals surface area (Å²) in [5, 5.41) is 0. The zero-order chi connectivity index (χ0) is 21.3. The van der Waals surface area contributed by atoms with Crippen molar-refractivity contribution in [2.24, 2.45) is 0 Å². The molecule has 0 heterocycles. The molecule has 0 spiro atoms. The van der Waals surface area contributed by atoms with Gasteiger partial charge < -0.3 is 0 Å². The van der Waals surface area contributed by atoms with Gasteiger partial charge in [-0.1, -0.05) is 6.07 Å². The fourth-order valence-electron chi connectivity index (χ4n) is 2.09. The molecule has 0 fully saturated rings. The molecule has 0 bridgehead atoms. The van der Waals surface area contributed by atoms with Crippen LogP contribution in [0.5, 0.6) is 0 Å². The Morgan fingerprint density at radius 2 is 1.21 bits per heavy atom. The first-order valence-corrected chi connectivity index (χ1v) is 11.4. The highest BCUT2D eigenvalue weighted by molar-refractivity contribution is 7.86. The van der Waals surface area contributed by atoms with Gasteiger partial charge in [-0.15, -0.1) is 0 Å². The number of rotatable bonds is 6. The maximum Gasteiger partial charge on any atom is 0.295 e.